The smallest absolute Gasteiger partial charge is 0.243 e. The molecule has 0 aliphatic carbocycles. The van der Waals surface area contributed by atoms with Gasteiger partial charge in [0.15, 0.2) is 0 Å². The first-order valence-electron chi connectivity index (χ1n) is 8.81. The Morgan fingerprint density at radius 2 is 1.64 bits per heavy atom. The second-order valence-corrected chi connectivity index (χ2v) is 8.57. The molecule has 2 aromatic carbocycles. The number of nitrogens with zero attached hydrogens (tertiary/aromatic N) is 1. The average Bonchev–Trinajstić information content (AvgIpc) is 2.67. The highest BCUT2D eigenvalue weighted by Gasteiger charge is 2.23. The summed E-state index contributed by atoms with van der Waals surface area (Å²) in [6, 6.07) is 13.3. The zero-order valence-electron chi connectivity index (χ0n) is 16.5. The van der Waals surface area contributed by atoms with Crippen LogP contribution in [0.4, 0.5) is 0 Å². The zero-order chi connectivity index (χ0) is 20.7. The number of benzene rings is 2. The van der Waals surface area contributed by atoms with Crippen LogP contribution in [0.5, 0.6) is 11.5 Å². The van der Waals surface area contributed by atoms with Crippen molar-refractivity contribution in [2.75, 3.05) is 27.3 Å². The lowest BCUT2D eigenvalue weighted by Gasteiger charge is -2.19. The third kappa shape index (κ3) is 5.97. The van der Waals surface area contributed by atoms with E-state index in [9.17, 15) is 13.2 Å². The Bertz CT molecular complexity index is 880. The van der Waals surface area contributed by atoms with Gasteiger partial charge in [0, 0.05) is 7.05 Å². The van der Waals surface area contributed by atoms with E-state index in [1.807, 2.05) is 31.2 Å². The van der Waals surface area contributed by atoms with E-state index < -0.39 is 15.9 Å². The predicted octanol–water partition coefficient (Wildman–Crippen LogP) is 2.21. The number of methoxy groups -OCH3 is 1. The third-order valence-electron chi connectivity index (χ3n) is 4.06. The molecular formula is C20H26N2O5S. The fourth-order valence-corrected chi connectivity index (χ4v) is 3.56. The average molecular weight is 407 g/mol. The number of likely N-dealkylation sites (N-methyl/N-ethyl adjacent to an activating group) is 1. The van der Waals surface area contributed by atoms with E-state index in [0.29, 0.717) is 11.5 Å². The molecule has 0 fully saturated rings. The minimum absolute atomic E-state index is 0.0966. The van der Waals surface area contributed by atoms with Crippen molar-refractivity contribution in [1.29, 1.82) is 0 Å². The number of ether oxygens (including phenoxy) is 2. The number of amides is 1. The van der Waals surface area contributed by atoms with E-state index in [1.54, 1.807) is 19.1 Å². The highest BCUT2D eigenvalue weighted by Crippen LogP contribution is 2.18. The summed E-state index contributed by atoms with van der Waals surface area (Å²) in [7, 11) is -0.897. The number of hydrogen-bond donors (Lipinski definition) is 1. The number of rotatable bonds is 9. The van der Waals surface area contributed by atoms with Crippen molar-refractivity contribution in [2.45, 2.75) is 24.8 Å². The molecule has 0 spiro atoms. The minimum Gasteiger partial charge on any atom is -0.497 e. The van der Waals surface area contributed by atoms with Crippen LogP contribution < -0.4 is 14.8 Å². The molecule has 0 radical (unpaired) electrons. The molecule has 0 saturated heterocycles. The number of hydrogen-bond acceptors (Lipinski definition) is 5. The molecule has 0 aromatic heterocycles. The van der Waals surface area contributed by atoms with Gasteiger partial charge >= 0.3 is 0 Å². The standard InChI is InChI=1S/C20H26N2O5S/c1-15-5-7-18(8-6-15)27-14-16(2)21-20(23)13-22(3)28(24,25)19-11-9-17(26-4)10-12-19/h5-12,16H,13-14H2,1-4H3,(H,21,23)/t16-/m0/s1. The van der Waals surface area contributed by atoms with Crippen molar-refractivity contribution in [2.24, 2.45) is 0 Å². The molecule has 0 saturated carbocycles. The van der Waals surface area contributed by atoms with Gasteiger partial charge in [-0.2, -0.15) is 4.31 Å². The van der Waals surface area contributed by atoms with Crippen molar-refractivity contribution in [3.63, 3.8) is 0 Å². The van der Waals surface area contributed by atoms with E-state index in [2.05, 4.69) is 5.32 Å². The topological polar surface area (TPSA) is 84.9 Å². The fraction of sp³-hybridized carbons (Fsp3) is 0.350. The van der Waals surface area contributed by atoms with Crippen LogP contribution in [0.15, 0.2) is 53.4 Å². The maximum Gasteiger partial charge on any atom is 0.243 e. The van der Waals surface area contributed by atoms with Gasteiger partial charge in [-0.25, -0.2) is 8.42 Å². The van der Waals surface area contributed by atoms with E-state index in [4.69, 9.17) is 9.47 Å². The molecular weight excluding hydrogens is 380 g/mol. The molecule has 0 aliphatic rings. The Hall–Kier alpha value is -2.58. The van der Waals surface area contributed by atoms with Crippen LogP contribution in [0.1, 0.15) is 12.5 Å². The molecule has 1 atom stereocenters. The Kier molecular flexibility index (Phi) is 7.42. The van der Waals surface area contributed by atoms with E-state index in [-0.39, 0.29) is 24.1 Å². The van der Waals surface area contributed by atoms with Crippen molar-refractivity contribution in [1.82, 2.24) is 9.62 Å². The van der Waals surface area contributed by atoms with Gasteiger partial charge in [-0.1, -0.05) is 17.7 Å². The normalized spacial score (nSPS) is 12.5. The number of aryl methyl sites for hydroxylation is 1. The molecule has 28 heavy (non-hydrogen) atoms. The van der Waals surface area contributed by atoms with Crippen LogP contribution >= 0.6 is 0 Å². The van der Waals surface area contributed by atoms with Gasteiger partial charge in [-0.15, -0.1) is 0 Å². The van der Waals surface area contributed by atoms with Crippen LogP contribution in [0.25, 0.3) is 0 Å². The molecule has 7 nitrogen and oxygen atoms in total. The number of nitrogens with one attached hydrogen (secondary N) is 1. The first kappa shape index (κ1) is 21.7. The Labute approximate surface area is 166 Å². The summed E-state index contributed by atoms with van der Waals surface area (Å²) in [4.78, 5) is 12.3. The van der Waals surface area contributed by atoms with Crippen LogP contribution in [-0.4, -0.2) is 52.0 Å². The summed E-state index contributed by atoms with van der Waals surface area (Å²) in [5, 5.41) is 2.74. The molecule has 0 heterocycles. The molecule has 1 N–H and O–H groups in total. The maximum atomic E-state index is 12.6. The molecule has 2 aromatic rings. The number of sulfonamides is 1. The highest BCUT2D eigenvalue weighted by atomic mass is 32.2. The highest BCUT2D eigenvalue weighted by molar-refractivity contribution is 7.89. The lowest BCUT2D eigenvalue weighted by atomic mass is 10.2. The van der Waals surface area contributed by atoms with Crippen LogP contribution in [-0.2, 0) is 14.8 Å². The summed E-state index contributed by atoms with van der Waals surface area (Å²) >= 11 is 0. The largest absolute Gasteiger partial charge is 0.497 e. The molecule has 0 unspecified atom stereocenters. The van der Waals surface area contributed by atoms with Crippen molar-refractivity contribution >= 4 is 15.9 Å². The summed E-state index contributed by atoms with van der Waals surface area (Å²) < 4.78 is 36.8. The predicted molar refractivity (Wildman–Crippen MR) is 107 cm³/mol. The van der Waals surface area contributed by atoms with Crippen LogP contribution in [0.2, 0.25) is 0 Å². The Morgan fingerprint density at radius 3 is 2.21 bits per heavy atom. The van der Waals surface area contributed by atoms with E-state index >= 15 is 0 Å². The van der Waals surface area contributed by atoms with E-state index in [1.165, 1.54) is 26.3 Å². The van der Waals surface area contributed by atoms with Crippen LogP contribution in [0.3, 0.4) is 0 Å². The van der Waals surface area contributed by atoms with Gasteiger partial charge in [0.2, 0.25) is 15.9 Å². The van der Waals surface area contributed by atoms with Gasteiger partial charge in [0.1, 0.15) is 18.1 Å². The third-order valence-corrected chi connectivity index (χ3v) is 5.88. The SMILES string of the molecule is COc1ccc(S(=O)(=O)N(C)CC(=O)N[C@@H](C)COc2ccc(C)cc2)cc1. The van der Waals surface area contributed by atoms with Gasteiger partial charge in [0.05, 0.1) is 24.6 Å². The first-order valence-corrected chi connectivity index (χ1v) is 10.3. The fourth-order valence-electron chi connectivity index (χ4n) is 2.43. The van der Waals surface area contributed by atoms with Gasteiger partial charge < -0.3 is 14.8 Å². The summed E-state index contributed by atoms with van der Waals surface area (Å²) in [6.07, 6.45) is 0. The number of carbonyl (C=O) groups excluding carboxylic acids is 1. The second-order valence-electron chi connectivity index (χ2n) is 6.53. The molecule has 1 amide bonds. The van der Waals surface area contributed by atoms with Crippen LogP contribution in [0, 0.1) is 6.92 Å². The molecule has 0 aliphatic heterocycles. The molecule has 8 heteroatoms. The first-order chi connectivity index (χ1) is 13.2. The summed E-state index contributed by atoms with van der Waals surface area (Å²) in [5.41, 5.74) is 1.13. The van der Waals surface area contributed by atoms with Crippen molar-refractivity contribution in [3.8, 4) is 11.5 Å². The van der Waals surface area contributed by atoms with E-state index in [0.717, 1.165) is 9.87 Å². The monoisotopic (exact) mass is 406 g/mol. The van der Waals surface area contributed by atoms with Gasteiger partial charge in [-0.3, -0.25) is 4.79 Å². The van der Waals surface area contributed by atoms with Gasteiger partial charge in [-0.05, 0) is 50.2 Å². The molecule has 2 rings (SSSR count). The quantitative estimate of drug-likeness (QED) is 0.690. The van der Waals surface area contributed by atoms with Crippen molar-refractivity contribution < 1.29 is 22.7 Å². The lowest BCUT2D eigenvalue weighted by Crippen LogP contribution is -2.43. The van der Waals surface area contributed by atoms with Crippen molar-refractivity contribution in [3.05, 3.63) is 54.1 Å². The summed E-state index contributed by atoms with van der Waals surface area (Å²) in [5.74, 6) is 0.868. The Morgan fingerprint density at radius 1 is 1.07 bits per heavy atom. The second kappa shape index (κ2) is 9.57. The number of carbonyl (C=O) groups is 1. The Balaban J connectivity index is 1.87. The summed E-state index contributed by atoms with van der Waals surface area (Å²) in [6.45, 7) is 3.78. The lowest BCUT2D eigenvalue weighted by molar-refractivity contribution is -0.121. The van der Waals surface area contributed by atoms with Gasteiger partial charge in [0.25, 0.3) is 0 Å². The molecule has 0 bridgehead atoms. The minimum atomic E-state index is -3.77. The maximum absolute atomic E-state index is 12.6. The molecule has 152 valence electrons. The zero-order valence-corrected chi connectivity index (χ0v) is 17.3.